The molecule has 0 aliphatic heterocycles. The van der Waals surface area contributed by atoms with Crippen molar-refractivity contribution in [3.63, 3.8) is 0 Å². The molecular weight excluding hydrogens is 512 g/mol. The number of rotatable bonds is 12. The Balaban J connectivity index is 1.67. The fourth-order valence-electron chi connectivity index (χ4n) is 5.54. The Bertz CT molecular complexity index is 1720. The van der Waals surface area contributed by atoms with Gasteiger partial charge in [-0.15, -0.1) is 0 Å². The van der Waals surface area contributed by atoms with Gasteiger partial charge in [-0.2, -0.15) is 5.10 Å². The highest BCUT2D eigenvalue weighted by Gasteiger charge is 2.21. The van der Waals surface area contributed by atoms with Crippen molar-refractivity contribution in [3.05, 3.63) is 88.0 Å². The van der Waals surface area contributed by atoms with Crippen molar-refractivity contribution in [2.75, 3.05) is 18.4 Å². The van der Waals surface area contributed by atoms with E-state index in [1.807, 2.05) is 42.5 Å². The van der Waals surface area contributed by atoms with E-state index < -0.39 is 0 Å². The molecular formula is C33H40N6O2. The number of nitrogens with one attached hydrogen (secondary N) is 1. The molecule has 0 atom stereocenters. The molecule has 5 aromatic rings. The summed E-state index contributed by atoms with van der Waals surface area (Å²) in [6.07, 6.45) is 5.98. The Kier molecular flexibility index (Phi) is 8.81. The molecule has 4 N–H and O–H groups in total. The number of nitrogens with zero attached hydrogens (tertiary/aromatic N) is 4. The number of aryl methyl sites for hydroxylation is 1. The van der Waals surface area contributed by atoms with Crippen molar-refractivity contribution in [1.82, 2.24) is 19.3 Å². The summed E-state index contributed by atoms with van der Waals surface area (Å²) in [5, 5.41) is 20.7. The van der Waals surface area contributed by atoms with Gasteiger partial charge >= 0.3 is 0 Å². The third-order valence-electron chi connectivity index (χ3n) is 7.48. The smallest absolute Gasteiger partial charge is 0.276 e. The zero-order valence-corrected chi connectivity index (χ0v) is 24.2. The van der Waals surface area contributed by atoms with E-state index in [2.05, 4.69) is 47.2 Å². The fourth-order valence-corrected chi connectivity index (χ4v) is 5.54. The standard InChI is InChI=1S/C33H40N6O2/c1-22(2)16-29-27-20-39(32(31(27)33(41)38(3)37-29)24-11-9-10-23(17-24)21-40)19-25-18-30(35-15-8-4-7-14-34)36-28-13-6-5-12-26(25)28/h5-6,9-13,17-18,20,22,40H,4,7-8,14-16,19,21,34H2,1-3H3,(H,35,36). The number of aromatic nitrogens is 4. The van der Waals surface area contributed by atoms with Crippen LogP contribution >= 0.6 is 0 Å². The molecule has 8 heteroatoms. The molecule has 0 fully saturated rings. The molecule has 3 heterocycles. The van der Waals surface area contributed by atoms with E-state index in [1.165, 1.54) is 4.68 Å². The maximum absolute atomic E-state index is 13.7. The Labute approximate surface area is 240 Å². The molecule has 214 valence electrons. The average molecular weight is 553 g/mol. The Morgan fingerprint density at radius 1 is 1.02 bits per heavy atom. The van der Waals surface area contributed by atoms with Crippen LogP contribution in [0.2, 0.25) is 0 Å². The van der Waals surface area contributed by atoms with Crippen LogP contribution in [0.25, 0.3) is 32.9 Å². The molecule has 5 rings (SSSR count). The number of anilines is 1. The lowest BCUT2D eigenvalue weighted by Gasteiger charge is -2.15. The predicted molar refractivity (Wildman–Crippen MR) is 167 cm³/mol. The summed E-state index contributed by atoms with van der Waals surface area (Å²) in [5.41, 5.74) is 11.0. The topological polar surface area (TPSA) is 111 Å². The molecule has 0 aliphatic carbocycles. The third-order valence-corrected chi connectivity index (χ3v) is 7.48. The van der Waals surface area contributed by atoms with Crippen molar-refractivity contribution in [2.45, 2.75) is 52.7 Å². The highest BCUT2D eigenvalue weighted by atomic mass is 16.3. The molecule has 8 nitrogen and oxygen atoms in total. The molecule has 0 unspecified atom stereocenters. The van der Waals surface area contributed by atoms with Gasteiger partial charge in [0.25, 0.3) is 5.56 Å². The van der Waals surface area contributed by atoms with E-state index >= 15 is 0 Å². The summed E-state index contributed by atoms with van der Waals surface area (Å²) < 4.78 is 3.62. The molecule has 0 amide bonds. The van der Waals surface area contributed by atoms with E-state index in [4.69, 9.17) is 10.7 Å². The van der Waals surface area contributed by atoms with Gasteiger partial charge in [0.2, 0.25) is 0 Å². The lowest BCUT2D eigenvalue weighted by Crippen LogP contribution is -2.22. The Morgan fingerprint density at radius 2 is 1.85 bits per heavy atom. The van der Waals surface area contributed by atoms with Gasteiger partial charge in [0, 0.05) is 37.1 Å². The number of pyridine rings is 1. The van der Waals surface area contributed by atoms with E-state index in [0.29, 0.717) is 24.4 Å². The first kappa shape index (κ1) is 28.5. The monoisotopic (exact) mass is 552 g/mol. The first-order valence-corrected chi connectivity index (χ1v) is 14.5. The van der Waals surface area contributed by atoms with Crippen molar-refractivity contribution in [1.29, 1.82) is 0 Å². The number of aliphatic hydroxyl groups excluding tert-OH is 1. The number of hydrogen-bond acceptors (Lipinski definition) is 6. The molecule has 41 heavy (non-hydrogen) atoms. The Morgan fingerprint density at radius 3 is 2.63 bits per heavy atom. The first-order chi connectivity index (χ1) is 19.9. The van der Waals surface area contributed by atoms with Crippen LogP contribution in [0.4, 0.5) is 5.82 Å². The second-order valence-electron chi connectivity index (χ2n) is 11.2. The van der Waals surface area contributed by atoms with Crippen molar-refractivity contribution >= 4 is 27.5 Å². The molecule has 2 aromatic carbocycles. The normalized spacial score (nSPS) is 11.7. The lowest BCUT2D eigenvalue weighted by molar-refractivity contribution is 0.282. The summed E-state index contributed by atoms with van der Waals surface area (Å²) in [5.74, 6) is 1.22. The summed E-state index contributed by atoms with van der Waals surface area (Å²) in [6.45, 7) is 6.34. The molecule has 0 bridgehead atoms. The lowest BCUT2D eigenvalue weighted by atomic mass is 10.0. The zero-order valence-electron chi connectivity index (χ0n) is 24.2. The van der Waals surface area contributed by atoms with Gasteiger partial charge in [0.1, 0.15) is 5.82 Å². The van der Waals surface area contributed by atoms with Crippen LogP contribution in [0.5, 0.6) is 0 Å². The van der Waals surface area contributed by atoms with Gasteiger partial charge in [0.15, 0.2) is 0 Å². The second-order valence-corrected chi connectivity index (χ2v) is 11.2. The summed E-state index contributed by atoms with van der Waals surface area (Å²) in [7, 11) is 1.72. The SMILES string of the molecule is CC(C)Cc1nn(C)c(=O)c2c(-c3cccc(CO)c3)n(Cc3cc(NCCCCCN)nc4ccccc34)cc12. The molecule has 0 aliphatic rings. The second kappa shape index (κ2) is 12.7. The average Bonchev–Trinajstić information content (AvgIpc) is 3.35. The number of hydrogen-bond donors (Lipinski definition) is 3. The predicted octanol–water partition coefficient (Wildman–Crippen LogP) is 5.23. The highest BCUT2D eigenvalue weighted by Crippen LogP contribution is 2.33. The van der Waals surface area contributed by atoms with Crippen LogP contribution in [0.1, 0.15) is 49.9 Å². The van der Waals surface area contributed by atoms with Crippen LogP contribution in [-0.4, -0.2) is 37.5 Å². The summed E-state index contributed by atoms with van der Waals surface area (Å²) in [4.78, 5) is 18.5. The number of fused-ring (bicyclic) bond motifs is 2. The highest BCUT2D eigenvalue weighted by molar-refractivity contribution is 5.97. The molecule has 0 spiro atoms. The number of aliphatic hydroxyl groups is 1. The number of para-hydroxylation sites is 1. The van der Waals surface area contributed by atoms with Gasteiger partial charge in [-0.3, -0.25) is 4.79 Å². The summed E-state index contributed by atoms with van der Waals surface area (Å²) >= 11 is 0. The molecule has 0 saturated heterocycles. The maximum atomic E-state index is 13.7. The number of nitrogens with two attached hydrogens (primary N) is 1. The van der Waals surface area contributed by atoms with E-state index in [-0.39, 0.29) is 12.2 Å². The van der Waals surface area contributed by atoms with Crippen LogP contribution in [-0.2, 0) is 26.6 Å². The minimum atomic E-state index is -0.130. The van der Waals surface area contributed by atoms with Crippen LogP contribution < -0.4 is 16.6 Å². The van der Waals surface area contributed by atoms with E-state index in [0.717, 1.165) is 82.4 Å². The minimum absolute atomic E-state index is 0.0695. The Hall–Kier alpha value is -4.01. The van der Waals surface area contributed by atoms with Crippen LogP contribution in [0.15, 0.2) is 65.6 Å². The minimum Gasteiger partial charge on any atom is -0.392 e. The quantitative estimate of drug-likeness (QED) is 0.183. The third kappa shape index (κ3) is 6.19. The van der Waals surface area contributed by atoms with E-state index in [1.54, 1.807) is 7.05 Å². The van der Waals surface area contributed by atoms with Crippen LogP contribution in [0, 0.1) is 5.92 Å². The van der Waals surface area contributed by atoms with Crippen molar-refractivity contribution < 1.29 is 5.11 Å². The van der Waals surface area contributed by atoms with Gasteiger partial charge in [0.05, 0.1) is 28.9 Å². The van der Waals surface area contributed by atoms with Gasteiger partial charge in [-0.05, 0) is 66.6 Å². The zero-order chi connectivity index (χ0) is 28.9. The largest absolute Gasteiger partial charge is 0.392 e. The summed E-state index contributed by atoms with van der Waals surface area (Å²) in [6, 6.07) is 18.1. The van der Waals surface area contributed by atoms with Gasteiger partial charge in [-0.1, -0.05) is 56.7 Å². The number of benzene rings is 2. The first-order valence-electron chi connectivity index (χ1n) is 14.5. The number of unbranched alkanes of at least 4 members (excludes halogenated alkanes) is 2. The molecule has 0 radical (unpaired) electrons. The van der Waals surface area contributed by atoms with Gasteiger partial charge < -0.3 is 20.7 Å². The van der Waals surface area contributed by atoms with Gasteiger partial charge in [-0.25, -0.2) is 9.67 Å². The fraction of sp³-hybridized carbons (Fsp3) is 0.364. The van der Waals surface area contributed by atoms with Crippen molar-refractivity contribution in [2.24, 2.45) is 18.7 Å². The maximum Gasteiger partial charge on any atom is 0.276 e. The van der Waals surface area contributed by atoms with Crippen molar-refractivity contribution in [3.8, 4) is 11.3 Å². The van der Waals surface area contributed by atoms with Crippen LogP contribution in [0.3, 0.4) is 0 Å². The van der Waals surface area contributed by atoms with E-state index in [9.17, 15) is 9.90 Å². The molecule has 0 saturated carbocycles. The molecule has 3 aromatic heterocycles.